The average molecular weight is 715 g/mol. The highest BCUT2D eigenvalue weighted by Gasteiger charge is 2.63. The molecule has 0 bridgehead atoms. The van der Waals surface area contributed by atoms with E-state index < -0.39 is 35.4 Å². The Kier molecular flexibility index (Phi) is 10.2. The lowest BCUT2D eigenvalue weighted by Crippen LogP contribution is -2.63. The van der Waals surface area contributed by atoms with Gasteiger partial charge in [0.05, 0.1) is 11.7 Å². The number of carbonyl (C=O) groups excluding carboxylic acids is 2. The summed E-state index contributed by atoms with van der Waals surface area (Å²) >= 11 is 0. The number of nitrogens with zero attached hydrogens (tertiary/aromatic N) is 2. The summed E-state index contributed by atoms with van der Waals surface area (Å²) in [6.45, 7) is 5.67. The van der Waals surface area contributed by atoms with E-state index in [0.29, 0.717) is 28.7 Å². The number of anilines is 3. The molecule has 0 radical (unpaired) electrons. The Balaban J connectivity index is 1.47. The molecule has 1 fully saturated rings. The van der Waals surface area contributed by atoms with Crippen LogP contribution < -0.4 is 31.3 Å². The van der Waals surface area contributed by atoms with Gasteiger partial charge in [0, 0.05) is 37.4 Å². The zero-order valence-electron chi connectivity index (χ0n) is 30.0. The maximum absolute atomic E-state index is 16.1. The summed E-state index contributed by atoms with van der Waals surface area (Å²) in [5.74, 6) is -0.465. The van der Waals surface area contributed by atoms with E-state index in [9.17, 15) is 9.59 Å². The van der Waals surface area contributed by atoms with Crippen LogP contribution in [0.15, 0.2) is 103 Å². The summed E-state index contributed by atoms with van der Waals surface area (Å²) in [5, 5.41) is 11.5. The van der Waals surface area contributed by atoms with Crippen LogP contribution in [0.2, 0.25) is 0 Å². The number of ether oxygens (including phenoxy) is 1. The first kappa shape index (κ1) is 36.7. The van der Waals surface area contributed by atoms with Crippen LogP contribution in [0.25, 0.3) is 10.8 Å². The number of halogens is 3. The normalized spacial score (nSPS) is 18.2. The molecule has 6 rings (SSSR count). The Morgan fingerprint density at radius 1 is 0.942 bits per heavy atom. The van der Waals surface area contributed by atoms with Gasteiger partial charge in [-0.05, 0) is 99.0 Å². The van der Waals surface area contributed by atoms with E-state index in [4.69, 9.17) is 4.74 Å². The first-order valence-electron chi connectivity index (χ1n) is 17.4. The molecule has 1 heterocycles. The van der Waals surface area contributed by atoms with Gasteiger partial charge in [0.25, 0.3) is 5.91 Å². The number of para-hydroxylation sites is 1. The minimum Gasteiger partial charge on any atom is -0.444 e. The molecule has 2 amide bonds. The van der Waals surface area contributed by atoms with Gasteiger partial charge in [0.15, 0.2) is 5.54 Å². The van der Waals surface area contributed by atoms with Crippen molar-refractivity contribution in [2.24, 2.45) is 5.92 Å². The second-order valence-corrected chi connectivity index (χ2v) is 14.6. The Bertz CT molecular complexity index is 1960. The van der Waals surface area contributed by atoms with Gasteiger partial charge in [-0.1, -0.05) is 60.7 Å². The molecule has 12 heteroatoms. The molecule has 2 aliphatic rings. The second kappa shape index (κ2) is 14.5. The van der Waals surface area contributed by atoms with Crippen molar-refractivity contribution in [1.29, 1.82) is 0 Å². The van der Waals surface area contributed by atoms with Crippen molar-refractivity contribution in [2.45, 2.75) is 63.5 Å². The molecule has 0 spiro atoms. The van der Waals surface area contributed by atoms with Crippen LogP contribution >= 0.6 is 0 Å². The molecule has 1 aliphatic heterocycles. The van der Waals surface area contributed by atoms with E-state index in [2.05, 4.69) is 21.4 Å². The van der Waals surface area contributed by atoms with Gasteiger partial charge in [-0.25, -0.2) is 10.2 Å². The molecule has 1 aliphatic carbocycles. The molecule has 1 saturated carbocycles. The molecule has 52 heavy (non-hydrogen) atoms. The molecule has 2 atom stereocenters. The summed E-state index contributed by atoms with van der Waals surface area (Å²) in [6.07, 6.45) is -2.64. The number of nitrogens with one attached hydrogen (secondary N) is 4. The maximum Gasteiger partial charge on any atom is 0.413 e. The van der Waals surface area contributed by atoms with Gasteiger partial charge in [0.2, 0.25) is 0 Å². The van der Waals surface area contributed by atoms with Gasteiger partial charge in [-0.3, -0.25) is 9.80 Å². The highest BCUT2D eigenvalue weighted by Crippen LogP contribution is 2.48. The van der Waals surface area contributed by atoms with Gasteiger partial charge < -0.3 is 25.6 Å². The first-order chi connectivity index (χ1) is 24.6. The lowest BCUT2D eigenvalue weighted by molar-refractivity contribution is -0.188. The average Bonchev–Trinajstić information content (AvgIpc) is 3.83. The highest BCUT2D eigenvalue weighted by molar-refractivity contribution is 6.07. The van der Waals surface area contributed by atoms with Crippen LogP contribution in [0.5, 0.6) is 0 Å². The Labute approximate surface area is 302 Å². The SMILES string of the molecule is CN(C)c1ccc(C(NCC2CC2)C2(C(F)(F)F)C=C(C(=O)Nc3ccccc3)N(c3cccc(CNC(=O)OC(C)(C)C)c3)N2)c2ccccc12. The Hall–Kier alpha value is -5.07. The zero-order chi connectivity index (χ0) is 37.3. The fraction of sp³-hybridized carbons (Fsp3) is 0.350. The van der Waals surface area contributed by atoms with Gasteiger partial charge in [-0.2, -0.15) is 13.2 Å². The third kappa shape index (κ3) is 8.03. The summed E-state index contributed by atoms with van der Waals surface area (Å²) in [4.78, 5) is 28.4. The number of fused-ring (bicyclic) bond motifs is 1. The predicted octanol–water partition coefficient (Wildman–Crippen LogP) is 7.82. The third-order valence-electron chi connectivity index (χ3n) is 9.13. The van der Waals surface area contributed by atoms with Crippen LogP contribution in [0.1, 0.15) is 50.8 Å². The van der Waals surface area contributed by atoms with Crippen molar-refractivity contribution >= 4 is 39.8 Å². The monoisotopic (exact) mass is 714 g/mol. The lowest BCUT2D eigenvalue weighted by Gasteiger charge is -2.40. The van der Waals surface area contributed by atoms with Crippen molar-refractivity contribution in [3.05, 3.63) is 114 Å². The molecule has 274 valence electrons. The number of amides is 2. The summed E-state index contributed by atoms with van der Waals surface area (Å²) in [7, 11) is 3.80. The van der Waals surface area contributed by atoms with Crippen LogP contribution in [0.3, 0.4) is 0 Å². The highest BCUT2D eigenvalue weighted by atomic mass is 19.4. The molecular formula is C40H45F3N6O3. The second-order valence-electron chi connectivity index (χ2n) is 14.6. The molecule has 4 aromatic carbocycles. The lowest BCUT2D eigenvalue weighted by atomic mass is 9.82. The molecule has 0 aromatic heterocycles. The first-order valence-corrected chi connectivity index (χ1v) is 17.4. The summed E-state index contributed by atoms with van der Waals surface area (Å²) < 4.78 is 53.7. The summed E-state index contributed by atoms with van der Waals surface area (Å²) in [6, 6.07) is 24.9. The largest absolute Gasteiger partial charge is 0.444 e. The van der Waals surface area contributed by atoms with E-state index in [0.717, 1.165) is 30.0 Å². The minimum absolute atomic E-state index is 0.0477. The standard InChI is InChI=1S/C40H45F3N6O3/c1-38(2,3)52-37(51)45-25-27-12-11-15-29(22-27)49-34(36(50)46-28-13-7-6-8-14-28)23-39(47-49,40(41,42)43)35(44-24-26-18-19-26)32-20-21-33(48(4)5)31-17-10-9-16-30(31)32/h6-17,20-23,26,35,44,47H,18-19,24-25H2,1-5H3,(H,45,51)(H,46,50). The quantitative estimate of drug-likeness (QED) is 0.126. The van der Waals surface area contributed by atoms with E-state index in [1.54, 1.807) is 81.4 Å². The molecule has 0 saturated heterocycles. The van der Waals surface area contributed by atoms with Crippen LogP contribution in [0.4, 0.5) is 35.0 Å². The topological polar surface area (TPSA) is 98.0 Å². The number of hydrogen-bond acceptors (Lipinski definition) is 7. The number of carbonyl (C=O) groups is 2. The molecule has 2 unspecified atom stereocenters. The zero-order valence-corrected chi connectivity index (χ0v) is 30.0. The number of benzene rings is 4. The number of alkyl halides is 3. The van der Waals surface area contributed by atoms with E-state index >= 15 is 13.2 Å². The number of alkyl carbamates (subject to hydrolysis) is 1. The Morgan fingerprint density at radius 3 is 2.29 bits per heavy atom. The van der Waals surface area contributed by atoms with Gasteiger partial charge in [-0.15, -0.1) is 0 Å². The van der Waals surface area contributed by atoms with Crippen molar-refractivity contribution in [2.75, 3.05) is 35.9 Å². The minimum atomic E-state index is -4.89. The molecule has 4 aromatic rings. The van der Waals surface area contributed by atoms with E-state index in [1.807, 2.05) is 49.3 Å². The van der Waals surface area contributed by atoms with Crippen LogP contribution in [-0.4, -0.2) is 50.0 Å². The smallest absolute Gasteiger partial charge is 0.413 e. The number of hydrazine groups is 1. The predicted molar refractivity (Wildman–Crippen MR) is 199 cm³/mol. The third-order valence-corrected chi connectivity index (χ3v) is 9.13. The van der Waals surface area contributed by atoms with Crippen LogP contribution in [0, 0.1) is 5.92 Å². The van der Waals surface area contributed by atoms with E-state index in [-0.39, 0.29) is 23.8 Å². The van der Waals surface area contributed by atoms with Gasteiger partial charge >= 0.3 is 12.3 Å². The van der Waals surface area contributed by atoms with Crippen molar-refractivity contribution in [3.8, 4) is 0 Å². The molecule has 9 nitrogen and oxygen atoms in total. The maximum atomic E-state index is 16.1. The van der Waals surface area contributed by atoms with Crippen molar-refractivity contribution < 1.29 is 27.5 Å². The molecular weight excluding hydrogens is 669 g/mol. The fourth-order valence-corrected chi connectivity index (χ4v) is 6.47. The fourth-order valence-electron chi connectivity index (χ4n) is 6.47. The van der Waals surface area contributed by atoms with E-state index in [1.165, 1.54) is 5.01 Å². The van der Waals surface area contributed by atoms with Gasteiger partial charge in [0.1, 0.15) is 11.3 Å². The summed E-state index contributed by atoms with van der Waals surface area (Å²) in [5.41, 5.74) is 1.73. The Morgan fingerprint density at radius 2 is 1.63 bits per heavy atom. The molecule has 4 N–H and O–H groups in total. The van der Waals surface area contributed by atoms with Crippen molar-refractivity contribution in [3.63, 3.8) is 0 Å². The van der Waals surface area contributed by atoms with Crippen molar-refractivity contribution in [1.82, 2.24) is 16.1 Å². The number of rotatable bonds is 11. The number of hydrogen-bond donors (Lipinski definition) is 4. The van der Waals surface area contributed by atoms with Crippen LogP contribution in [-0.2, 0) is 16.1 Å².